The van der Waals surface area contributed by atoms with Gasteiger partial charge in [-0.15, -0.1) is 0 Å². The molecule has 4 aromatic rings. The summed E-state index contributed by atoms with van der Waals surface area (Å²) in [6, 6.07) is 20.5. The van der Waals surface area contributed by atoms with Crippen LogP contribution in [0.15, 0.2) is 78.9 Å². The molecular weight excluding hydrogens is 574 g/mol. The number of benzene rings is 4. The molecule has 0 saturated heterocycles. The molecule has 0 radical (unpaired) electrons. The van der Waals surface area contributed by atoms with Crippen molar-refractivity contribution in [2.75, 3.05) is 15.9 Å². The molecule has 41 heavy (non-hydrogen) atoms. The minimum Gasteiger partial charge on any atom is -0.457 e. The Labute approximate surface area is 242 Å². The zero-order valence-corrected chi connectivity index (χ0v) is 24.0. The van der Waals surface area contributed by atoms with Gasteiger partial charge < -0.3 is 14.4 Å². The molecule has 0 spiro atoms. The summed E-state index contributed by atoms with van der Waals surface area (Å²) in [7, 11) is -3.53. The quantitative estimate of drug-likeness (QED) is 0.153. The molecule has 0 heterocycles. The van der Waals surface area contributed by atoms with Crippen LogP contribution in [-0.2, 0) is 27.9 Å². The number of ether oxygens (including phenoxy) is 2. The number of anilines is 2. The first-order valence-corrected chi connectivity index (χ1v) is 14.7. The molecule has 0 unspecified atom stereocenters. The predicted octanol–water partition coefficient (Wildman–Crippen LogP) is 7.22. The first-order chi connectivity index (χ1) is 19.4. The van der Waals surface area contributed by atoms with E-state index in [9.17, 15) is 22.0 Å². The van der Waals surface area contributed by atoms with E-state index in [4.69, 9.17) is 21.1 Å². The first kappa shape index (κ1) is 29.8. The fraction of sp³-hybridized carbons (Fsp3) is 0.167. The first-order valence-electron chi connectivity index (χ1n) is 12.4. The summed E-state index contributed by atoms with van der Waals surface area (Å²) >= 11 is 6.08. The van der Waals surface area contributed by atoms with Gasteiger partial charge in [-0.3, -0.25) is 9.52 Å². The van der Waals surface area contributed by atoms with Crippen LogP contribution in [0.3, 0.4) is 0 Å². The van der Waals surface area contributed by atoms with Gasteiger partial charge in [0.25, 0.3) is 0 Å². The Kier molecular flexibility index (Phi) is 9.14. The molecule has 0 aliphatic rings. The molecule has 0 aliphatic carbocycles. The largest absolute Gasteiger partial charge is 0.457 e. The van der Waals surface area contributed by atoms with Gasteiger partial charge in [0, 0.05) is 43.4 Å². The van der Waals surface area contributed by atoms with E-state index in [0.717, 1.165) is 17.9 Å². The standard InChI is InChI=1S/C30H27ClF2N2O5S/c1-19-28(34-41(3,37)38)5-4-6-29(19)35(18-22-9-10-23(32)15-27(22)33)17-21-7-11-24(12-8-21)40-25-13-14-26(31)30(16-25)39-20(2)36/h4-16,34H,17-18H2,1-3H3. The summed E-state index contributed by atoms with van der Waals surface area (Å²) in [5.41, 5.74) is 2.83. The van der Waals surface area contributed by atoms with Crippen molar-refractivity contribution in [3.05, 3.63) is 112 Å². The number of hydrogen-bond donors (Lipinski definition) is 1. The van der Waals surface area contributed by atoms with Gasteiger partial charge in [0.1, 0.15) is 23.1 Å². The van der Waals surface area contributed by atoms with E-state index in [0.29, 0.717) is 35.0 Å². The maximum atomic E-state index is 14.6. The average molecular weight is 601 g/mol. The van der Waals surface area contributed by atoms with Crippen LogP contribution in [0.5, 0.6) is 17.2 Å². The number of halogens is 3. The highest BCUT2D eigenvalue weighted by molar-refractivity contribution is 7.92. The molecule has 0 bridgehead atoms. The highest BCUT2D eigenvalue weighted by Crippen LogP contribution is 2.33. The molecule has 11 heteroatoms. The van der Waals surface area contributed by atoms with Crippen molar-refractivity contribution in [2.24, 2.45) is 0 Å². The van der Waals surface area contributed by atoms with E-state index < -0.39 is 27.6 Å². The number of sulfonamides is 1. The molecule has 4 rings (SSSR count). The van der Waals surface area contributed by atoms with Crippen LogP contribution in [0, 0.1) is 18.6 Å². The Morgan fingerprint density at radius 1 is 0.951 bits per heavy atom. The number of carbonyl (C=O) groups is 1. The Morgan fingerprint density at radius 3 is 2.32 bits per heavy atom. The molecular formula is C30H27ClF2N2O5S. The van der Waals surface area contributed by atoms with E-state index >= 15 is 0 Å². The Bertz CT molecular complexity index is 1680. The fourth-order valence-electron chi connectivity index (χ4n) is 4.16. The van der Waals surface area contributed by atoms with Crippen LogP contribution in [-0.4, -0.2) is 20.6 Å². The zero-order chi connectivity index (χ0) is 29.7. The number of nitrogens with one attached hydrogen (secondary N) is 1. The second-order valence-corrected chi connectivity index (χ2v) is 11.5. The Balaban J connectivity index is 1.61. The van der Waals surface area contributed by atoms with Gasteiger partial charge >= 0.3 is 5.97 Å². The third-order valence-electron chi connectivity index (χ3n) is 6.01. The summed E-state index contributed by atoms with van der Waals surface area (Å²) in [4.78, 5) is 13.2. The summed E-state index contributed by atoms with van der Waals surface area (Å²) in [5.74, 6) is -0.761. The van der Waals surface area contributed by atoms with E-state index in [2.05, 4.69) is 4.72 Å². The maximum absolute atomic E-state index is 14.6. The molecule has 0 atom stereocenters. The SMILES string of the molecule is CC(=O)Oc1cc(Oc2ccc(CN(Cc3ccc(F)cc3F)c3cccc(NS(C)(=O)=O)c3C)cc2)ccc1Cl. The zero-order valence-electron chi connectivity index (χ0n) is 22.5. The molecule has 214 valence electrons. The summed E-state index contributed by atoms with van der Waals surface area (Å²) in [5, 5.41) is 0.270. The number of hydrogen-bond acceptors (Lipinski definition) is 6. The molecule has 0 aliphatic heterocycles. The minimum atomic E-state index is -3.53. The lowest BCUT2D eigenvalue weighted by atomic mass is 10.1. The van der Waals surface area contributed by atoms with Crippen LogP contribution in [0.2, 0.25) is 5.02 Å². The molecule has 7 nitrogen and oxygen atoms in total. The van der Waals surface area contributed by atoms with Crippen molar-refractivity contribution < 1.29 is 31.5 Å². The maximum Gasteiger partial charge on any atom is 0.308 e. The number of rotatable bonds is 10. The molecule has 0 amide bonds. The van der Waals surface area contributed by atoms with Crippen LogP contribution in [0.4, 0.5) is 20.2 Å². The number of nitrogens with zero attached hydrogens (tertiary/aromatic N) is 1. The van der Waals surface area contributed by atoms with E-state index in [1.807, 2.05) is 23.1 Å². The third kappa shape index (κ3) is 8.18. The average Bonchev–Trinajstić information content (AvgIpc) is 2.88. The lowest BCUT2D eigenvalue weighted by Crippen LogP contribution is -2.24. The van der Waals surface area contributed by atoms with Crippen LogP contribution < -0.4 is 19.1 Å². The summed E-state index contributed by atoms with van der Waals surface area (Å²) in [6.45, 7) is 3.45. The van der Waals surface area contributed by atoms with Gasteiger partial charge in [-0.2, -0.15) is 0 Å². The normalized spacial score (nSPS) is 11.2. The second-order valence-electron chi connectivity index (χ2n) is 9.35. The van der Waals surface area contributed by atoms with Crippen LogP contribution in [0.25, 0.3) is 0 Å². The van der Waals surface area contributed by atoms with Gasteiger partial charge in [0.15, 0.2) is 5.75 Å². The van der Waals surface area contributed by atoms with Gasteiger partial charge in [-0.25, -0.2) is 17.2 Å². The topological polar surface area (TPSA) is 84.9 Å². The molecule has 4 aromatic carbocycles. The fourth-order valence-corrected chi connectivity index (χ4v) is 4.93. The van der Waals surface area contributed by atoms with Crippen molar-refractivity contribution >= 4 is 39.0 Å². The van der Waals surface area contributed by atoms with E-state index in [1.54, 1.807) is 43.3 Å². The van der Waals surface area contributed by atoms with Crippen molar-refractivity contribution in [3.63, 3.8) is 0 Å². The third-order valence-corrected chi connectivity index (χ3v) is 6.91. The molecule has 0 fully saturated rings. The number of esters is 1. The van der Waals surface area contributed by atoms with E-state index in [-0.39, 0.29) is 22.9 Å². The lowest BCUT2D eigenvalue weighted by Gasteiger charge is -2.28. The highest BCUT2D eigenvalue weighted by Gasteiger charge is 2.17. The summed E-state index contributed by atoms with van der Waals surface area (Å²) in [6.07, 6.45) is 1.07. The minimum absolute atomic E-state index is 0.0945. The lowest BCUT2D eigenvalue weighted by molar-refractivity contribution is -0.131. The van der Waals surface area contributed by atoms with E-state index in [1.165, 1.54) is 25.1 Å². The van der Waals surface area contributed by atoms with Gasteiger partial charge in [-0.05, 0) is 60.5 Å². The van der Waals surface area contributed by atoms with Gasteiger partial charge in [-0.1, -0.05) is 35.9 Å². The molecule has 0 saturated carbocycles. The molecule has 1 N–H and O–H groups in total. The Hall–Kier alpha value is -4.15. The second kappa shape index (κ2) is 12.6. The van der Waals surface area contributed by atoms with Gasteiger partial charge in [0.2, 0.25) is 10.0 Å². The van der Waals surface area contributed by atoms with Crippen LogP contribution in [0.1, 0.15) is 23.6 Å². The monoisotopic (exact) mass is 600 g/mol. The molecule has 0 aromatic heterocycles. The van der Waals surface area contributed by atoms with Crippen molar-refractivity contribution in [1.29, 1.82) is 0 Å². The Morgan fingerprint density at radius 2 is 1.66 bits per heavy atom. The van der Waals surface area contributed by atoms with Crippen molar-refractivity contribution in [1.82, 2.24) is 0 Å². The number of carbonyl (C=O) groups excluding carboxylic acids is 1. The summed E-state index contributed by atoms with van der Waals surface area (Å²) < 4.78 is 65.5. The predicted molar refractivity (Wildman–Crippen MR) is 155 cm³/mol. The highest BCUT2D eigenvalue weighted by atomic mass is 35.5. The van der Waals surface area contributed by atoms with Gasteiger partial charge in [0.05, 0.1) is 17.0 Å². The van der Waals surface area contributed by atoms with Crippen molar-refractivity contribution in [3.8, 4) is 17.2 Å². The van der Waals surface area contributed by atoms with Crippen LogP contribution >= 0.6 is 11.6 Å². The smallest absolute Gasteiger partial charge is 0.308 e. The van der Waals surface area contributed by atoms with Crippen molar-refractivity contribution in [2.45, 2.75) is 26.9 Å².